The van der Waals surface area contributed by atoms with E-state index in [0.717, 1.165) is 0 Å². The van der Waals surface area contributed by atoms with Gasteiger partial charge in [0, 0.05) is 49.3 Å². The minimum absolute atomic E-state index is 0.0221. The average Bonchev–Trinajstić information content (AvgIpc) is 4.09. The third-order valence-corrected chi connectivity index (χ3v) is 12.8. The number of H-pyrrole nitrogens is 1. The Labute approximate surface area is 445 Å². The molecule has 1 saturated heterocycles. The molecule has 1 fully saturated rings. The molecular weight excluding hydrogens is 1020 g/mol. The Balaban J connectivity index is 1.37. The molecule has 27 nitrogen and oxygen atoms in total. The van der Waals surface area contributed by atoms with Crippen molar-refractivity contribution in [3.05, 3.63) is 95.7 Å². The van der Waals surface area contributed by atoms with Crippen LogP contribution in [-0.2, 0) is 67.2 Å². The normalized spacial score (nSPS) is 16.2. The molecule has 78 heavy (non-hydrogen) atoms. The summed E-state index contributed by atoms with van der Waals surface area (Å²) in [6, 6.07) is 5.39. The topological polar surface area (TPSA) is 447 Å². The van der Waals surface area contributed by atoms with Crippen LogP contribution in [0.25, 0.3) is 10.9 Å². The van der Waals surface area contributed by atoms with Gasteiger partial charge in [-0.3, -0.25) is 43.2 Å². The number of phenolic OH excluding ortho intramolecular Hbond substituents is 2. The van der Waals surface area contributed by atoms with Crippen LogP contribution in [0.1, 0.15) is 49.3 Å². The lowest BCUT2D eigenvalue weighted by Gasteiger charge is -2.31. The number of para-hydroxylation sites is 1. The number of carbonyl (C=O) groups excluding carboxylic acids is 9. The Hall–Kier alpha value is -8.66. The SMILES string of the molecule is C[C@@H](O)[C@H](NC(=O)[C@H](Cc1c[nH]c2ccccc12)NC(=O)[C@@H]1CCCN1C(=O)[C@H](Cc1ccc(O)cc1)NC(=O)[C@H](CO)NC(=O)[C@H](Cc1ccc(O)cc1)NC(=O)[C@H](CO)NC(=O)[C@H](CCC(N)=O)NC(=O)CN)C(=O)O. The van der Waals surface area contributed by atoms with E-state index in [9.17, 15) is 78.6 Å². The van der Waals surface area contributed by atoms with Crippen molar-refractivity contribution in [1.29, 1.82) is 0 Å². The number of rotatable bonds is 28. The number of aliphatic hydroxyl groups is 3. The van der Waals surface area contributed by atoms with Crippen LogP contribution in [0.2, 0.25) is 0 Å². The van der Waals surface area contributed by atoms with Crippen molar-refractivity contribution in [2.24, 2.45) is 11.5 Å². The summed E-state index contributed by atoms with van der Waals surface area (Å²) in [5.41, 5.74) is 12.6. The third-order valence-electron chi connectivity index (χ3n) is 12.8. The Bertz CT molecular complexity index is 2790. The second-order valence-corrected chi connectivity index (χ2v) is 18.6. The quantitative estimate of drug-likeness (QED) is 0.0256. The van der Waals surface area contributed by atoms with Gasteiger partial charge in [-0.15, -0.1) is 0 Å². The fourth-order valence-electron chi connectivity index (χ4n) is 8.57. The molecule has 1 aliphatic heterocycles. The zero-order chi connectivity index (χ0) is 57.2. The van der Waals surface area contributed by atoms with Gasteiger partial charge >= 0.3 is 5.97 Å². The van der Waals surface area contributed by atoms with Crippen LogP contribution in [0.4, 0.5) is 0 Å². The first-order valence-corrected chi connectivity index (χ1v) is 24.8. The summed E-state index contributed by atoms with van der Waals surface area (Å²) in [6.45, 7) is -1.53. The van der Waals surface area contributed by atoms with Crippen LogP contribution >= 0.6 is 0 Å². The number of phenols is 2. The van der Waals surface area contributed by atoms with Gasteiger partial charge in [0.1, 0.15) is 53.8 Å². The van der Waals surface area contributed by atoms with E-state index in [4.69, 9.17) is 11.5 Å². The zero-order valence-electron chi connectivity index (χ0n) is 42.3. The maximum Gasteiger partial charge on any atom is 0.328 e. The van der Waals surface area contributed by atoms with Gasteiger partial charge in [0.05, 0.1) is 25.9 Å². The Morgan fingerprint density at radius 2 is 1.15 bits per heavy atom. The molecule has 4 aromatic rings. The number of hydrogen-bond donors (Lipinski definition) is 16. The number of carboxylic acid groups (broad SMARTS) is 1. The number of aromatic hydroxyl groups is 2. The number of primary amides is 1. The number of nitrogens with one attached hydrogen (secondary N) is 8. The van der Waals surface area contributed by atoms with E-state index in [-0.39, 0.29) is 63.0 Å². The van der Waals surface area contributed by atoms with E-state index in [1.165, 1.54) is 60.4 Å². The van der Waals surface area contributed by atoms with E-state index in [0.29, 0.717) is 27.6 Å². The lowest BCUT2D eigenvalue weighted by molar-refractivity contribution is -0.145. The Kier molecular flexibility index (Phi) is 22.0. The molecule has 0 unspecified atom stereocenters. The highest BCUT2D eigenvalue weighted by molar-refractivity contribution is 5.99. The summed E-state index contributed by atoms with van der Waals surface area (Å²) in [7, 11) is 0. The summed E-state index contributed by atoms with van der Waals surface area (Å²) in [4.78, 5) is 138. The van der Waals surface area contributed by atoms with Crippen molar-refractivity contribution in [1.82, 2.24) is 47.1 Å². The van der Waals surface area contributed by atoms with Crippen molar-refractivity contribution in [2.75, 3.05) is 26.3 Å². The smallest absolute Gasteiger partial charge is 0.328 e. The van der Waals surface area contributed by atoms with Gasteiger partial charge in [0.25, 0.3) is 0 Å². The van der Waals surface area contributed by atoms with Gasteiger partial charge < -0.3 is 89.2 Å². The highest BCUT2D eigenvalue weighted by Gasteiger charge is 2.41. The number of amides is 9. The molecule has 27 heteroatoms. The summed E-state index contributed by atoms with van der Waals surface area (Å²) in [5, 5.41) is 78.0. The first kappa shape index (κ1) is 60.2. The monoisotopic (exact) mass is 1090 g/mol. The molecule has 1 aromatic heterocycles. The van der Waals surface area contributed by atoms with Crippen LogP contribution in [-0.4, -0.2) is 180 Å². The number of aliphatic carboxylic acids is 1. The van der Waals surface area contributed by atoms with Crippen molar-refractivity contribution >= 4 is 70.0 Å². The number of aromatic nitrogens is 1. The molecule has 1 aliphatic rings. The van der Waals surface area contributed by atoms with Crippen molar-refractivity contribution in [3.63, 3.8) is 0 Å². The predicted octanol–water partition coefficient (Wildman–Crippen LogP) is -4.33. The van der Waals surface area contributed by atoms with Crippen molar-refractivity contribution < 1.29 is 78.6 Å². The molecule has 0 radical (unpaired) electrons. The Morgan fingerprint density at radius 3 is 1.69 bits per heavy atom. The number of aliphatic hydroxyl groups excluding tert-OH is 3. The van der Waals surface area contributed by atoms with Gasteiger partial charge in [-0.25, -0.2) is 4.79 Å². The molecule has 420 valence electrons. The molecule has 9 atom stereocenters. The summed E-state index contributed by atoms with van der Waals surface area (Å²) in [5.74, 6) is -10.4. The number of aromatic amines is 1. The number of fused-ring (bicyclic) bond motifs is 1. The summed E-state index contributed by atoms with van der Waals surface area (Å²) >= 11 is 0. The molecule has 0 spiro atoms. The molecule has 2 heterocycles. The minimum Gasteiger partial charge on any atom is -0.508 e. The van der Waals surface area contributed by atoms with Gasteiger partial charge in [0.15, 0.2) is 6.04 Å². The van der Waals surface area contributed by atoms with E-state index in [2.05, 4.69) is 42.2 Å². The fourth-order valence-corrected chi connectivity index (χ4v) is 8.57. The third kappa shape index (κ3) is 16.9. The minimum atomic E-state index is -1.84. The molecule has 3 aromatic carbocycles. The number of likely N-dealkylation sites (tertiary alicyclic amines) is 1. The van der Waals surface area contributed by atoms with E-state index in [1.807, 2.05) is 0 Å². The lowest BCUT2D eigenvalue weighted by Crippen LogP contribution is -2.61. The molecule has 18 N–H and O–H groups in total. The van der Waals surface area contributed by atoms with Crippen LogP contribution < -0.4 is 48.7 Å². The standard InChI is InChI=1S/C51H65N11O16/c1-26(65)43(51(77)78)61-46(72)36(21-29-23-54-33-6-3-2-5-32(29)33)57-49(75)40-7-4-18-62(40)50(76)37(20-28-10-14-31(67)15-11-28)58-48(74)39(25-64)60-45(71)35(19-27-8-12-30(66)13-9-27)56-47(73)38(24-63)59-44(70)34(16-17-41(53)68)55-42(69)22-52/h2-3,5-6,8-15,23,26,34-40,43,54,63-67H,4,7,16-22,24-25,52H2,1H3,(H2,53,68)(H,55,69)(H,56,73)(H,57,75)(H,58,74)(H,59,70)(H,60,71)(H,61,72)(H,77,78)/t26-,34+,35+,36+,37+,38+,39+,40+,43+/m1/s1. The van der Waals surface area contributed by atoms with Crippen molar-refractivity contribution in [3.8, 4) is 11.5 Å². The van der Waals surface area contributed by atoms with Crippen LogP contribution in [0, 0.1) is 0 Å². The number of carbonyl (C=O) groups is 10. The first-order chi connectivity index (χ1) is 37.1. The second kappa shape index (κ2) is 28.5. The van der Waals surface area contributed by atoms with Gasteiger partial charge in [-0.1, -0.05) is 42.5 Å². The average molecular weight is 1090 g/mol. The van der Waals surface area contributed by atoms with Crippen LogP contribution in [0.5, 0.6) is 11.5 Å². The lowest BCUT2D eigenvalue weighted by atomic mass is 10.0. The highest BCUT2D eigenvalue weighted by atomic mass is 16.4. The molecule has 0 saturated carbocycles. The number of hydrogen-bond acceptors (Lipinski definition) is 16. The number of nitrogens with two attached hydrogens (primary N) is 2. The van der Waals surface area contributed by atoms with Gasteiger partial charge in [-0.2, -0.15) is 0 Å². The van der Waals surface area contributed by atoms with Gasteiger partial charge in [0.2, 0.25) is 53.2 Å². The van der Waals surface area contributed by atoms with E-state index in [1.54, 1.807) is 30.5 Å². The van der Waals surface area contributed by atoms with Gasteiger partial charge in [-0.05, 0) is 73.2 Å². The Morgan fingerprint density at radius 1 is 0.654 bits per heavy atom. The zero-order valence-corrected chi connectivity index (χ0v) is 42.3. The summed E-state index contributed by atoms with van der Waals surface area (Å²) in [6.07, 6.45) is -0.998. The number of carboxylic acids is 1. The molecule has 0 bridgehead atoms. The van der Waals surface area contributed by atoms with Crippen LogP contribution in [0.3, 0.4) is 0 Å². The molecule has 9 amide bonds. The largest absolute Gasteiger partial charge is 0.508 e. The molecule has 0 aliphatic carbocycles. The molecular formula is C51H65N11O16. The van der Waals surface area contributed by atoms with E-state index < -0.39 is 133 Å². The summed E-state index contributed by atoms with van der Waals surface area (Å²) < 4.78 is 0. The highest BCUT2D eigenvalue weighted by Crippen LogP contribution is 2.23. The predicted molar refractivity (Wildman–Crippen MR) is 275 cm³/mol. The maximum atomic E-state index is 14.7. The second-order valence-electron chi connectivity index (χ2n) is 18.6. The number of benzene rings is 3. The maximum absolute atomic E-state index is 14.7. The molecule has 5 rings (SSSR count). The van der Waals surface area contributed by atoms with Crippen molar-refractivity contribution in [2.45, 2.75) is 106 Å². The van der Waals surface area contributed by atoms with Crippen LogP contribution in [0.15, 0.2) is 79.0 Å². The number of nitrogens with zero attached hydrogens (tertiary/aromatic N) is 1. The van der Waals surface area contributed by atoms with E-state index >= 15 is 0 Å². The first-order valence-electron chi connectivity index (χ1n) is 24.8. The fraction of sp³-hybridized carbons (Fsp3) is 0.412.